The molecule has 1 aromatic heterocycles. The van der Waals surface area contributed by atoms with Crippen molar-refractivity contribution in [3.8, 4) is 0 Å². The van der Waals surface area contributed by atoms with Crippen molar-refractivity contribution in [2.24, 2.45) is 16.3 Å². The summed E-state index contributed by atoms with van der Waals surface area (Å²) in [6.07, 6.45) is 2.83. The Kier molecular flexibility index (Phi) is 6.35. The highest BCUT2D eigenvalue weighted by molar-refractivity contribution is 14.0. The fourth-order valence-corrected chi connectivity index (χ4v) is 4.74. The number of ether oxygens (including phenoxy) is 1. The Hall–Kier alpha value is -0.340. The van der Waals surface area contributed by atoms with Crippen molar-refractivity contribution in [1.29, 1.82) is 0 Å². The van der Waals surface area contributed by atoms with Crippen LogP contribution in [0.3, 0.4) is 0 Å². The summed E-state index contributed by atoms with van der Waals surface area (Å²) in [6, 6.07) is 4.78. The molecular formula is C17H28IN3OS. The molecule has 1 saturated carbocycles. The molecular weight excluding hydrogens is 421 g/mol. The van der Waals surface area contributed by atoms with Gasteiger partial charge in [0.2, 0.25) is 0 Å². The molecule has 2 N–H and O–H groups in total. The Morgan fingerprint density at radius 1 is 1.43 bits per heavy atom. The SMILES string of the molecule is CN=C(NCc1ccc(C)s1)NC1C2CCCOC2C1(C)C.I. The van der Waals surface area contributed by atoms with Crippen LogP contribution in [0.4, 0.5) is 0 Å². The van der Waals surface area contributed by atoms with Gasteiger partial charge in [0, 0.05) is 40.8 Å². The fraction of sp³-hybridized carbons (Fsp3) is 0.706. The second kappa shape index (κ2) is 7.70. The first-order chi connectivity index (χ1) is 10.5. The molecule has 2 fully saturated rings. The van der Waals surface area contributed by atoms with Crippen LogP contribution in [0.15, 0.2) is 17.1 Å². The van der Waals surface area contributed by atoms with E-state index in [9.17, 15) is 0 Å². The number of hydrogen-bond acceptors (Lipinski definition) is 3. The molecule has 0 amide bonds. The van der Waals surface area contributed by atoms with E-state index in [0.717, 1.165) is 19.1 Å². The molecule has 0 aromatic carbocycles. The number of aryl methyl sites for hydroxylation is 1. The number of nitrogens with one attached hydrogen (secondary N) is 2. The Labute approximate surface area is 160 Å². The maximum Gasteiger partial charge on any atom is 0.191 e. The zero-order chi connectivity index (χ0) is 15.7. The highest BCUT2D eigenvalue weighted by Crippen LogP contribution is 2.51. The van der Waals surface area contributed by atoms with Crippen molar-refractivity contribution >= 4 is 41.3 Å². The van der Waals surface area contributed by atoms with Gasteiger partial charge in [0.15, 0.2) is 5.96 Å². The highest BCUT2D eigenvalue weighted by atomic mass is 127. The number of hydrogen-bond donors (Lipinski definition) is 2. The summed E-state index contributed by atoms with van der Waals surface area (Å²) in [5, 5.41) is 7.07. The van der Waals surface area contributed by atoms with Crippen molar-refractivity contribution in [2.45, 2.75) is 52.3 Å². The van der Waals surface area contributed by atoms with Gasteiger partial charge in [-0.2, -0.15) is 0 Å². The van der Waals surface area contributed by atoms with Crippen LogP contribution in [0.5, 0.6) is 0 Å². The number of aliphatic imine (C=N–C) groups is 1. The normalized spacial score (nSPS) is 29.0. The van der Waals surface area contributed by atoms with Gasteiger partial charge in [-0.25, -0.2) is 0 Å². The standard InChI is InChI=1S/C17H27N3OS.HI/c1-11-7-8-12(22-11)10-19-16(18-4)20-14-13-6-5-9-21-15(13)17(14,2)3;/h7-8,13-15H,5-6,9-10H2,1-4H3,(H2,18,19,20);1H. The summed E-state index contributed by atoms with van der Waals surface area (Å²) in [5.74, 6) is 1.51. The van der Waals surface area contributed by atoms with Crippen molar-refractivity contribution in [3.63, 3.8) is 0 Å². The Morgan fingerprint density at radius 3 is 2.87 bits per heavy atom. The number of nitrogens with zero attached hydrogens (tertiary/aromatic N) is 1. The van der Waals surface area contributed by atoms with Crippen LogP contribution in [0.2, 0.25) is 0 Å². The van der Waals surface area contributed by atoms with E-state index in [0.29, 0.717) is 18.1 Å². The molecule has 2 aliphatic rings. The van der Waals surface area contributed by atoms with Gasteiger partial charge in [-0.05, 0) is 31.9 Å². The summed E-state index contributed by atoms with van der Waals surface area (Å²) < 4.78 is 5.97. The molecule has 1 aliphatic carbocycles. The molecule has 6 heteroatoms. The lowest BCUT2D eigenvalue weighted by atomic mass is 9.55. The predicted molar refractivity (Wildman–Crippen MR) is 108 cm³/mol. The zero-order valence-electron chi connectivity index (χ0n) is 14.4. The molecule has 2 heterocycles. The maximum absolute atomic E-state index is 5.97. The number of thiophene rings is 1. The fourth-order valence-electron chi connectivity index (χ4n) is 3.91. The molecule has 0 spiro atoms. The first kappa shape index (κ1) is 19.0. The molecule has 1 saturated heterocycles. The molecule has 4 nitrogen and oxygen atoms in total. The lowest BCUT2D eigenvalue weighted by Crippen LogP contribution is -2.70. The second-order valence-corrected chi connectivity index (χ2v) is 8.35. The average Bonchev–Trinajstić information content (AvgIpc) is 2.93. The molecule has 1 aliphatic heterocycles. The van der Waals surface area contributed by atoms with Gasteiger partial charge < -0.3 is 15.4 Å². The van der Waals surface area contributed by atoms with E-state index in [-0.39, 0.29) is 29.4 Å². The Morgan fingerprint density at radius 2 is 2.22 bits per heavy atom. The van der Waals surface area contributed by atoms with E-state index in [2.05, 4.69) is 48.5 Å². The van der Waals surface area contributed by atoms with E-state index in [4.69, 9.17) is 4.74 Å². The van der Waals surface area contributed by atoms with Gasteiger partial charge in [-0.15, -0.1) is 35.3 Å². The van der Waals surface area contributed by atoms with E-state index in [1.54, 1.807) is 0 Å². The molecule has 130 valence electrons. The van der Waals surface area contributed by atoms with Crippen molar-refractivity contribution in [1.82, 2.24) is 10.6 Å². The van der Waals surface area contributed by atoms with Gasteiger partial charge in [0.25, 0.3) is 0 Å². The summed E-state index contributed by atoms with van der Waals surface area (Å²) in [6.45, 7) is 8.49. The Bertz CT molecular complexity index is 558. The van der Waals surface area contributed by atoms with E-state index in [1.165, 1.54) is 22.6 Å². The number of rotatable bonds is 3. The summed E-state index contributed by atoms with van der Waals surface area (Å²) >= 11 is 1.83. The van der Waals surface area contributed by atoms with Crippen LogP contribution in [0, 0.1) is 18.3 Å². The molecule has 23 heavy (non-hydrogen) atoms. The minimum Gasteiger partial charge on any atom is -0.377 e. The van der Waals surface area contributed by atoms with E-state index >= 15 is 0 Å². The number of fused-ring (bicyclic) bond motifs is 1. The van der Waals surface area contributed by atoms with Crippen molar-refractivity contribution < 1.29 is 4.74 Å². The number of halogens is 1. The average molecular weight is 449 g/mol. The third-order valence-corrected chi connectivity index (χ3v) is 6.07. The maximum atomic E-state index is 5.97. The van der Waals surface area contributed by atoms with Crippen LogP contribution in [0.25, 0.3) is 0 Å². The quantitative estimate of drug-likeness (QED) is 0.422. The largest absolute Gasteiger partial charge is 0.377 e. The van der Waals surface area contributed by atoms with Gasteiger partial charge in [0.1, 0.15) is 0 Å². The van der Waals surface area contributed by atoms with Gasteiger partial charge in [-0.1, -0.05) is 13.8 Å². The first-order valence-electron chi connectivity index (χ1n) is 8.16. The van der Waals surface area contributed by atoms with Crippen molar-refractivity contribution in [3.05, 3.63) is 21.9 Å². The zero-order valence-corrected chi connectivity index (χ0v) is 17.5. The summed E-state index contributed by atoms with van der Waals surface area (Å²) in [5.41, 5.74) is 0.169. The molecule has 3 rings (SSSR count). The minimum absolute atomic E-state index is 0. The molecule has 3 unspecified atom stereocenters. The predicted octanol–water partition coefficient (Wildman–Crippen LogP) is 3.54. The molecule has 0 bridgehead atoms. The third-order valence-electron chi connectivity index (χ3n) is 5.07. The third kappa shape index (κ3) is 3.85. The van der Waals surface area contributed by atoms with E-state index in [1.807, 2.05) is 18.4 Å². The second-order valence-electron chi connectivity index (χ2n) is 6.98. The highest BCUT2D eigenvalue weighted by Gasteiger charge is 2.58. The first-order valence-corrected chi connectivity index (χ1v) is 8.98. The van der Waals surface area contributed by atoms with Gasteiger partial charge in [-0.3, -0.25) is 4.99 Å². The molecule has 0 radical (unpaired) electrons. The minimum atomic E-state index is 0. The molecule has 1 aromatic rings. The van der Waals surface area contributed by atoms with Crippen molar-refractivity contribution in [2.75, 3.05) is 13.7 Å². The van der Waals surface area contributed by atoms with Crippen LogP contribution in [-0.2, 0) is 11.3 Å². The van der Waals surface area contributed by atoms with Crippen LogP contribution >= 0.6 is 35.3 Å². The van der Waals surface area contributed by atoms with Gasteiger partial charge >= 0.3 is 0 Å². The smallest absolute Gasteiger partial charge is 0.191 e. The topological polar surface area (TPSA) is 45.7 Å². The lowest BCUT2D eigenvalue weighted by molar-refractivity contribution is -0.188. The van der Waals surface area contributed by atoms with Crippen LogP contribution < -0.4 is 10.6 Å². The Balaban J connectivity index is 0.00000192. The van der Waals surface area contributed by atoms with Crippen LogP contribution in [0.1, 0.15) is 36.4 Å². The summed E-state index contributed by atoms with van der Waals surface area (Å²) in [7, 11) is 1.84. The monoisotopic (exact) mass is 449 g/mol. The summed E-state index contributed by atoms with van der Waals surface area (Å²) in [4.78, 5) is 7.08. The van der Waals surface area contributed by atoms with Gasteiger partial charge in [0.05, 0.1) is 12.6 Å². The lowest BCUT2D eigenvalue weighted by Gasteiger charge is -2.60. The number of guanidine groups is 1. The molecule has 3 atom stereocenters. The van der Waals surface area contributed by atoms with Crippen LogP contribution in [-0.4, -0.2) is 31.8 Å². The van der Waals surface area contributed by atoms with E-state index < -0.39 is 0 Å².